The van der Waals surface area contributed by atoms with E-state index in [0.717, 1.165) is 38.0 Å². The third-order valence-electron chi connectivity index (χ3n) is 4.76. The van der Waals surface area contributed by atoms with Gasteiger partial charge in [0.1, 0.15) is 5.82 Å². The van der Waals surface area contributed by atoms with E-state index >= 15 is 0 Å². The van der Waals surface area contributed by atoms with Crippen LogP contribution in [0.2, 0.25) is 0 Å². The molecular formula is C20H32FIN4O3. The molecule has 0 radical (unpaired) electrons. The number of hydrogen-bond acceptors (Lipinski definition) is 5. The van der Waals surface area contributed by atoms with Crippen LogP contribution in [0.5, 0.6) is 0 Å². The molecule has 7 nitrogen and oxygen atoms in total. The Kier molecular flexibility index (Phi) is 12.8. The molecule has 2 N–H and O–H groups in total. The van der Waals surface area contributed by atoms with Gasteiger partial charge in [-0.1, -0.05) is 12.1 Å². The summed E-state index contributed by atoms with van der Waals surface area (Å²) >= 11 is 0. The Labute approximate surface area is 189 Å². The van der Waals surface area contributed by atoms with E-state index in [2.05, 4.69) is 25.3 Å². The minimum atomic E-state index is -0.234. The van der Waals surface area contributed by atoms with Crippen molar-refractivity contribution in [1.29, 1.82) is 0 Å². The number of halogens is 2. The number of methoxy groups -OCH3 is 1. The summed E-state index contributed by atoms with van der Waals surface area (Å²) in [5.41, 5.74) is 1.06. The first-order chi connectivity index (χ1) is 13.6. The maximum Gasteiger partial charge on any atom is 0.305 e. The van der Waals surface area contributed by atoms with E-state index in [0.29, 0.717) is 32.1 Å². The number of aliphatic imine (C=N–C) groups is 1. The number of guanidine groups is 1. The number of rotatable bonds is 9. The number of hydrogen-bond donors (Lipinski definition) is 2. The van der Waals surface area contributed by atoms with Crippen LogP contribution in [-0.2, 0) is 14.3 Å². The molecule has 0 aliphatic carbocycles. The SMILES string of the molecule is CN=C(NCCCCC(=O)OC)NCC(c1ccc(F)cc1)N1CCOCC1.I. The second-order valence-electron chi connectivity index (χ2n) is 6.63. The van der Waals surface area contributed by atoms with Crippen LogP contribution in [0.3, 0.4) is 0 Å². The summed E-state index contributed by atoms with van der Waals surface area (Å²) in [4.78, 5) is 17.7. The van der Waals surface area contributed by atoms with Crippen molar-refractivity contribution in [3.8, 4) is 0 Å². The van der Waals surface area contributed by atoms with Gasteiger partial charge in [0.15, 0.2) is 5.96 Å². The van der Waals surface area contributed by atoms with Crippen molar-refractivity contribution < 1.29 is 18.7 Å². The van der Waals surface area contributed by atoms with Gasteiger partial charge in [-0.2, -0.15) is 0 Å². The van der Waals surface area contributed by atoms with E-state index in [1.165, 1.54) is 19.2 Å². The standard InChI is InChI=1S/C20H31FN4O3.HI/c1-22-20(23-10-4-3-5-19(26)27-2)24-15-18(25-11-13-28-14-12-25)16-6-8-17(21)9-7-16;/h6-9,18H,3-5,10-15H2,1-2H3,(H2,22,23,24);1H. The highest BCUT2D eigenvalue weighted by Gasteiger charge is 2.23. The summed E-state index contributed by atoms with van der Waals surface area (Å²) < 4.78 is 23.4. The molecular weight excluding hydrogens is 490 g/mol. The molecule has 1 aromatic rings. The van der Waals surface area contributed by atoms with Crippen molar-refractivity contribution in [2.24, 2.45) is 4.99 Å². The van der Waals surface area contributed by atoms with Gasteiger partial charge in [-0.3, -0.25) is 14.7 Å². The molecule has 9 heteroatoms. The minimum absolute atomic E-state index is 0. The fraction of sp³-hybridized carbons (Fsp3) is 0.600. The Balaban J connectivity index is 0.00000420. The molecule has 0 amide bonds. The number of morpholine rings is 1. The van der Waals surface area contributed by atoms with Gasteiger partial charge in [0.25, 0.3) is 0 Å². The number of ether oxygens (including phenoxy) is 2. The van der Waals surface area contributed by atoms with Crippen LogP contribution in [0.15, 0.2) is 29.3 Å². The van der Waals surface area contributed by atoms with E-state index in [-0.39, 0.29) is 41.8 Å². The smallest absolute Gasteiger partial charge is 0.305 e. The summed E-state index contributed by atoms with van der Waals surface area (Å²) in [5.74, 6) is 0.287. The van der Waals surface area contributed by atoms with Crippen LogP contribution >= 0.6 is 24.0 Å². The van der Waals surface area contributed by atoms with Crippen LogP contribution in [0, 0.1) is 5.82 Å². The zero-order valence-corrected chi connectivity index (χ0v) is 19.5. The molecule has 1 aliphatic heterocycles. The van der Waals surface area contributed by atoms with Crippen LogP contribution in [-0.4, -0.2) is 70.4 Å². The zero-order valence-electron chi connectivity index (χ0n) is 17.2. The van der Waals surface area contributed by atoms with Crippen LogP contribution in [0.1, 0.15) is 30.9 Å². The third-order valence-corrected chi connectivity index (χ3v) is 4.76. The monoisotopic (exact) mass is 522 g/mol. The molecule has 2 rings (SSSR count). The summed E-state index contributed by atoms with van der Waals surface area (Å²) in [6, 6.07) is 6.76. The molecule has 1 fully saturated rings. The lowest BCUT2D eigenvalue weighted by atomic mass is 10.0. The average Bonchev–Trinajstić information content (AvgIpc) is 2.73. The van der Waals surface area contributed by atoms with Crippen molar-refractivity contribution in [3.63, 3.8) is 0 Å². The van der Waals surface area contributed by atoms with Gasteiger partial charge in [0, 0.05) is 39.6 Å². The molecule has 1 atom stereocenters. The highest BCUT2D eigenvalue weighted by atomic mass is 127. The van der Waals surface area contributed by atoms with Crippen molar-refractivity contribution in [1.82, 2.24) is 15.5 Å². The van der Waals surface area contributed by atoms with Gasteiger partial charge in [-0.15, -0.1) is 24.0 Å². The maximum absolute atomic E-state index is 13.3. The first-order valence-electron chi connectivity index (χ1n) is 9.72. The lowest BCUT2D eigenvalue weighted by molar-refractivity contribution is -0.140. The first kappa shape index (κ1) is 25.6. The van der Waals surface area contributed by atoms with E-state index in [4.69, 9.17) is 4.74 Å². The summed E-state index contributed by atoms with van der Waals surface area (Å²) in [7, 11) is 3.13. The Hall–Kier alpha value is -1.46. The third kappa shape index (κ3) is 9.26. The molecule has 0 bridgehead atoms. The van der Waals surface area contributed by atoms with Crippen LogP contribution < -0.4 is 10.6 Å². The molecule has 1 aromatic carbocycles. The van der Waals surface area contributed by atoms with Gasteiger partial charge in [0.2, 0.25) is 0 Å². The molecule has 0 spiro atoms. The van der Waals surface area contributed by atoms with Gasteiger partial charge >= 0.3 is 5.97 Å². The predicted octanol–water partition coefficient (Wildman–Crippen LogP) is 2.33. The maximum atomic E-state index is 13.3. The Morgan fingerprint density at radius 1 is 1.24 bits per heavy atom. The van der Waals surface area contributed by atoms with E-state index < -0.39 is 0 Å². The van der Waals surface area contributed by atoms with Gasteiger partial charge in [-0.25, -0.2) is 4.39 Å². The number of unbranched alkanes of at least 4 members (excludes halogenated alkanes) is 1. The first-order valence-corrected chi connectivity index (χ1v) is 9.72. The number of benzene rings is 1. The number of carbonyl (C=O) groups excluding carboxylic acids is 1. The van der Waals surface area contributed by atoms with Crippen molar-refractivity contribution in [3.05, 3.63) is 35.6 Å². The molecule has 1 aliphatic rings. The van der Waals surface area contributed by atoms with Crippen LogP contribution in [0.4, 0.5) is 4.39 Å². The lowest BCUT2D eigenvalue weighted by Crippen LogP contribution is -2.46. The fourth-order valence-corrected chi connectivity index (χ4v) is 3.15. The zero-order chi connectivity index (χ0) is 20.2. The van der Waals surface area contributed by atoms with Crippen molar-refractivity contribution >= 4 is 35.9 Å². The van der Waals surface area contributed by atoms with Gasteiger partial charge < -0.3 is 20.1 Å². The van der Waals surface area contributed by atoms with Gasteiger partial charge in [-0.05, 0) is 30.5 Å². The molecule has 1 saturated heterocycles. The van der Waals surface area contributed by atoms with E-state index in [1.807, 2.05) is 12.1 Å². The minimum Gasteiger partial charge on any atom is -0.469 e. The van der Waals surface area contributed by atoms with Gasteiger partial charge in [0.05, 0.1) is 26.4 Å². The number of esters is 1. The van der Waals surface area contributed by atoms with Crippen LogP contribution in [0.25, 0.3) is 0 Å². The lowest BCUT2D eigenvalue weighted by Gasteiger charge is -2.35. The summed E-state index contributed by atoms with van der Waals surface area (Å²) in [6.07, 6.45) is 2.04. The Morgan fingerprint density at radius 3 is 2.55 bits per heavy atom. The van der Waals surface area contributed by atoms with Crippen molar-refractivity contribution in [2.75, 3.05) is 53.6 Å². The van der Waals surface area contributed by atoms with Crippen molar-refractivity contribution in [2.45, 2.75) is 25.3 Å². The fourth-order valence-electron chi connectivity index (χ4n) is 3.15. The second kappa shape index (κ2) is 14.5. The Bertz CT molecular complexity index is 625. The quantitative estimate of drug-likeness (QED) is 0.171. The number of nitrogens with zero attached hydrogens (tertiary/aromatic N) is 2. The largest absolute Gasteiger partial charge is 0.469 e. The number of carbonyl (C=O) groups is 1. The molecule has 164 valence electrons. The molecule has 0 saturated carbocycles. The van der Waals surface area contributed by atoms with E-state index in [9.17, 15) is 9.18 Å². The topological polar surface area (TPSA) is 75.2 Å². The Morgan fingerprint density at radius 2 is 1.93 bits per heavy atom. The average molecular weight is 522 g/mol. The van der Waals surface area contributed by atoms with E-state index in [1.54, 1.807) is 7.05 Å². The molecule has 1 unspecified atom stereocenters. The molecule has 1 heterocycles. The molecule has 29 heavy (non-hydrogen) atoms. The summed E-state index contributed by atoms with van der Waals surface area (Å²) in [6.45, 7) is 4.44. The normalized spacial score (nSPS) is 15.9. The predicted molar refractivity (Wildman–Crippen MR) is 122 cm³/mol. The highest BCUT2D eigenvalue weighted by Crippen LogP contribution is 2.21. The molecule has 0 aromatic heterocycles. The summed E-state index contributed by atoms with van der Waals surface area (Å²) in [5, 5.41) is 6.63. The second-order valence-corrected chi connectivity index (χ2v) is 6.63. The highest BCUT2D eigenvalue weighted by molar-refractivity contribution is 14.0. The number of nitrogens with one attached hydrogen (secondary N) is 2.